The molecule has 330 valence electrons. The Kier molecular flexibility index (Phi) is 42.7. The Balaban J connectivity index is 4.62. The molecule has 3 atom stereocenters. The Morgan fingerprint density at radius 3 is 1.47 bits per heavy atom. The summed E-state index contributed by atoms with van der Waals surface area (Å²) in [5.41, 5.74) is 0. The van der Waals surface area contributed by atoms with Gasteiger partial charge in [0, 0.05) is 6.42 Å². The molecule has 0 saturated heterocycles. The Labute approximate surface area is 352 Å². The van der Waals surface area contributed by atoms with E-state index in [1.807, 2.05) is 0 Å². The first kappa shape index (κ1) is 54.6. The average molecular weight is 798 g/mol. The summed E-state index contributed by atoms with van der Waals surface area (Å²) in [5, 5.41) is 23.6. The first-order valence-corrected chi connectivity index (χ1v) is 24.1. The maximum atomic E-state index is 13.1. The maximum absolute atomic E-state index is 13.1. The smallest absolute Gasteiger partial charge is 0.306 e. The van der Waals surface area contributed by atoms with Crippen molar-refractivity contribution in [3.05, 3.63) is 60.8 Å². The molecule has 1 amide bonds. The number of carbonyl (C=O) groups is 2. The lowest BCUT2D eigenvalue weighted by atomic mass is 10.0. The van der Waals surface area contributed by atoms with Crippen molar-refractivity contribution < 1.29 is 24.5 Å². The van der Waals surface area contributed by atoms with E-state index in [-0.39, 0.29) is 24.9 Å². The Bertz CT molecular complexity index is 1030. The minimum Gasteiger partial charge on any atom is -0.462 e. The summed E-state index contributed by atoms with van der Waals surface area (Å²) < 4.78 is 5.88. The van der Waals surface area contributed by atoms with Crippen LogP contribution in [-0.2, 0) is 14.3 Å². The highest BCUT2D eigenvalue weighted by molar-refractivity contribution is 5.77. The molecule has 57 heavy (non-hydrogen) atoms. The quantitative estimate of drug-likeness (QED) is 0.0247. The molecule has 0 bridgehead atoms. The third kappa shape index (κ3) is 40.1. The molecule has 0 aromatic rings. The zero-order chi connectivity index (χ0) is 41.7. The van der Waals surface area contributed by atoms with Crippen LogP contribution in [0.15, 0.2) is 60.8 Å². The van der Waals surface area contributed by atoms with E-state index in [1.54, 1.807) is 0 Å². The predicted molar refractivity (Wildman–Crippen MR) is 245 cm³/mol. The third-order valence-corrected chi connectivity index (χ3v) is 10.7. The van der Waals surface area contributed by atoms with Crippen molar-refractivity contribution in [2.75, 3.05) is 6.61 Å². The van der Waals surface area contributed by atoms with Crippen LogP contribution in [-0.4, -0.2) is 46.9 Å². The summed E-state index contributed by atoms with van der Waals surface area (Å²) in [6.07, 6.45) is 54.2. The van der Waals surface area contributed by atoms with Gasteiger partial charge in [0.15, 0.2) is 0 Å². The topological polar surface area (TPSA) is 95.9 Å². The van der Waals surface area contributed by atoms with Crippen LogP contribution in [0.5, 0.6) is 0 Å². The largest absolute Gasteiger partial charge is 0.462 e. The van der Waals surface area contributed by atoms with Gasteiger partial charge in [-0.1, -0.05) is 204 Å². The normalized spacial score (nSPS) is 13.8. The van der Waals surface area contributed by atoms with E-state index in [9.17, 15) is 19.8 Å². The molecule has 0 aliphatic rings. The van der Waals surface area contributed by atoms with Gasteiger partial charge in [0.2, 0.25) is 5.91 Å². The first-order chi connectivity index (χ1) is 28.0. The number of ether oxygens (including phenoxy) is 1. The molecule has 0 rings (SSSR count). The minimum atomic E-state index is -0.797. The van der Waals surface area contributed by atoms with Crippen molar-refractivity contribution in [2.45, 2.75) is 244 Å². The fourth-order valence-electron chi connectivity index (χ4n) is 6.97. The number of hydrogen-bond acceptors (Lipinski definition) is 5. The Hall–Kier alpha value is -2.44. The lowest BCUT2D eigenvalue weighted by Gasteiger charge is -2.24. The number of carbonyl (C=O) groups excluding carboxylic acids is 2. The molecule has 0 heterocycles. The molecule has 0 fully saturated rings. The molecule has 0 aromatic heterocycles. The zero-order valence-electron chi connectivity index (χ0n) is 37.5. The number of allylic oxidation sites excluding steroid dienone is 10. The number of aliphatic hydroxyl groups is 2. The van der Waals surface area contributed by atoms with Crippen LogP contribution in [0, 0.1) is 0 Å². The highest BCUT2D eigenvalue weighted by atomic mass is 16.5. The number of hydrogen-bond donors (Lipinski definition) is 3. The Morgan fingerprint density at radius 1 is 0.509 bits per heavy atom. The Morgan fingerprint density at radius 2 is 0.930 bits per heavy atom. The molecule has 6 nitrogen and oxygen atoms in total. The minimum absolute atomic E-state index is 0.0453. The zero-order valence-corrected chi connectivity index (χ0v) is 37.5. The second kappa shape index (κ2) is 44.7. The van der Waals surface area contributed by atoms with Gasteiger partial charge in [-0.25, -0.2) is 0 Å². The van der Waals surface area contributed by atoms with Crippen molar-refractivity contribution in [1.29, 1.82) is 0 Å². The van der Waals surface area contributed by atoms with Crippen LogP contribution < -0.4 is 5.32 Å². The van der Waals surface area contributed by atoms with E-state index >= 15 is 0 Å². The van der Waals surface area contributed by atoms with Gasteiger partial charge in [0.05, 0.1) is 25.2 Å². The predicted octanol–water partition coefficient (Wildman–Crippen LogP) is 14.1. The average Bonchev–Trinajstić information content (AvgIpc) is 3.20. The molecular formula is C51H91NO5. The van der Waals surface area contributed by atoms with Gasteiger partial charge in [-0.15, -0.1) is 0 Å². The highest BCUT2D eigenvalue weighted by Crippen LogP contribution is 2.16. The fourth-order valence-corrected chi connectivity index (χ4v) is 6.97. The van der Waals surface area contributed by atoms with E-state index in [2.05, 4.69) is 86.8 Å². The van der Waals surface area contributed by atoms with Crippen molar-refractivity contribution in [3.63, 3.8) is 0 Å². The molecule has 0 saturated carbocycles. The van der Waals surface area contributed by atoms with E-state index < -0.39 is 18.2 Å². The standard InChI is InChI=1S/C51H91NO5/c1-4-7-10-13-16-19-21-22-23-24-25-26-27-29-32-35-38-41-44-51(56)57-47(42-39-36-33-31-28-20-17-14-11-8-5-2)45-50(55)52-48(46-53)49(54)43-40-37-34-30-18-15-12-9-6-3/h16,19,21-26,31,33,47-49,53-54H,4-15,17-18,20,27-30,32,34-46H2,1-3H3,(H,52,55)/b19-16+,22-21+,24-23+,26-25+,33-31-. The van der Waals surface area contributed by atoms with Gasteiger partial charge in [0.25, 0.3) is 0 Å². The molecule has 3 N–H and O–H groups in total. The summed E-state index contributed by atoms with van der Waals surface area (Å²) in [4.78, 5) is 26.0. The summed E-state index contributed by atoms with van der Waals surface area (Å²) in [5.74, 6) is -0.533. The number of amides is 1. The van der Waals surface area contributed by atoms with Crippen molar-refractivity contribution in [3.8, 4) is 0 Å². The van der Waals surface area contributed by atoms with Crippen molar-refractivity contribution >= 4 is 11.9 Å². The van der Waals surface area contributed by atoms with Gasteiger partial charge in [-0.05, 0) is 70.6 Å². The molecule has 0 radical (unpaired) electrons. The monoisotopic (exact) mass is 798 g/mol. The van der Waals surface area contributed by atoms with E-state index in [0.29, 0.717) is 19.3 Å². The van der Waals surface area contributed by atoms with Crippen LogP contribution in [0.1, 0.15) is 226 Å². The van der Waals surface area contributed by atoms with Gasteiger partial charge >= 0.3 is 5.97 Å². The van der Waals surface area contributed by atoms with Crippen LogP contribution in [0.4, 0.5) is 0 Å². The lowest BCUT2D eigenvalue weighted by Crippen LogP contribution is -2.46. The van der Waals surface area contributed by atoms with Gasteiger partial charge in [-0.2, -0.15) is 0 Å². The molecule has 6 heteroatoms. The molecular weight excluding hydrogens is 707 g/mol. The fraction of sp³-hybridized carbons (Fsp3) is 0.765. The molecule has 3 unspecified atom stereocenters. The second-order valence-corrected chi connectivity index (χ2v) is 16.2. The van der Waals surface area contributed by atoms with Crippen molar-refractivity contribution in [1.82, 2.24) is 5.32 Å². The van der Waals surface area contributed by atoms with Gasteiger partial charge < -0.3 is 20.3 Å². The molecule has 0 aliphatic carbocycles. The highest BCUT2D eigenvalue weighted by Gasteiger charge is 2.24. The van der Waals surface area contributed by atoms with Crippen LogP contribution in [0.25, 0.3) is 0 Å². The lowest BCUT2D eigenvalue weighted by molar-refractivity contribution is -0.151. The number of nitrogens with one attached hydrogen (secondary N) is 1. The number of esters is 1. The van der Waals surface area contributed by atoms with Crippen molar-refractivity contribution in [2.24, 2.45) is 0 Å². The number of unbranched alkanes of at least 4 members (excludes halogenated alkanes) is 23. The molecule has 0 spiro atoms. The molecule has 0 aromatic carbocycles. The maximum Gasteiger partial charge on any atom is 0.306 e. The third-order valence-electron chi connectivity index (χ3n) is 10.7. The summed E-state index contributed by atoms with van der Waals surface area (Å²) in [6, 6.07) is -0.714. The number of aliphatic hydroxyl groups excluding tert-OH is 2. The second-order valence-electron chi connectivity index (χ2n) is 16.2. The van der Waals surface area contributed by atoms with E-state index in [0.717, 1.165) is 83.5 Å². The van der Waals surface area contributed by atoms with E-state index in [1.165, 1.54) is 96.3 Å². The SMILES string of the molecule is CCCCC/C=C/C=C/C=C/C=C/CCCCCCCC(=O)OC(CCC/C=C\CCCCCCCC)CC(=O)NC(CO)C(O)CCCCCCCCCCC. The summed E-state index contributed by atoms with van der Waals surface area (Å²) in [7, 11) is 0. The summed E-state index contributed by atoms with van der Waals surface area (Å²) in [6.45, 7) is 6.39. The van der Waals surface area contributed by atoms with Crippen LogP contribution >= 0.6 is 0 Å². The first-order valence-electron chi connectivity index (χ1n) is 24.1. The van der Waals surface area contributed by atoms with Crippen LogP contribution in [0.3, 0.4) is 0 Å². The van der Waals surface area contributed by atoms with E-state index in [4.69, 9.17) is 4.74 Å². The molecule has 0 aliphatic heterocycles. The van der Waals surface area contributed by atoms with Crippen LogP contribution in [0.2, 0.25) is 0 Å². The number of rotatable bonds is 42. The van der Waals surface area contributed by atoms with Gasteiger partial charge in [0.1, 0.15) is 6.10 Å². The summed E-state index contributed by atoms with van der Waals surface area (Å²) >= 11 is 0. The van der Waals surface area contributed by atoms with Gasteiger partial charge in [-0.3, -0.25) is 9.59 Å².